The van der Waals surface area contributed by atoms with Crippen LogP contribution < -0.4 is 10.3 Å². The van der Waals surface area contributed by atoms with E-state index in [4.69, 9.17) is 0 Å². The van der Waals surface area contributed by atoms with Gasteiger partial charge in [-0.3, -0.25) is 5.43 Å². The van der Waals surface area contributed by atoms with Gasteiger partial charge in [-0.05, 0) is 43.7 Å². The Labute approximate surface area is 148 Å². The Bertz CT molecular complexity index is 914. The molecule has 3 rings (SSSR count). The van der Waals surface area contributed by atoms with Crippen molar-refractivity contribution in [3.05, 3.63) is 59.7 Å². The van der Waals surface area contributed by atoms with Crippen LogP contribution in [0.15, 0.2) is 62.9 Å². The molecule has 0 saturated carbocycles. The van der Waals surface area contributed by atoms with E-state index in [1.807, 2.05) is 24.3 Å². The van der Waals surface area contributed by atoms with Crippen LogP contribution >= 0.6 is 0 Å². The van der Waals surface area contributed by atoms with Crippen molar-refractivity contribution in [1.82, 2.24) is 5.43 Å². The Morgan fingerprint density at radius 1 is 1.08 bits per heavy atom. The normalized spacial score (nSPS) is 15.0. The van der Waals surface area contributed by atoms with Gasteiger partial charge in [0, 0.05) is 24.3 Å². The maximum absolute atomic E-state index is 12.0. The largest absolute Gasteiger partial charge is 0.372 e. The van der Waals surface area contributed by atoms with Crippen LogP contribution in [0.3, 0.4) is 0 Å². The number of amidine groups is 1. The first kappa shape index (κ1) is 17.2. The van der Waals surface area contributed by atoms with Crippen molar-refractivity contribution >= 4 is 27.8 Å². The highest BCUT2D eigenvalue weighted by Crippen LogP contribution is 2.24. The monoisotopic (exact) mass is 356 g/mol. The molecule has 0 aromatic heterocycles. The molecule has 6 nitrogen and oxygen atoms in total. The highest BCUT2D eigenvalue weighted by Gasteiger charge is 2.28. The van der Waals surface area contributed by atoms with Crippen molar-refractivity contribution in [2.24, 2.45) is 9.50 Å². The van der Waals surface area contributed by atoms with Crippen molar-refractivity contribution < 1.29 is 8.42 Å². The third kappa shape index (κ3) is 3.56. The fraction of sp³-hybridized carbons (Fsp3) is 0.222. The van der Waals surface area contributed by atoms with Gasteiger partial charge in [0.1, 0.15) is 4.90 Å². The highest BCUT2D eigenvalue weighted by molar-refractivity contribution is 7.90. The van der Waals surface area contributed by atoms with Crippen LogP contribution in [0.2, 0.25) is 0 Å². The second kappa shape index (κ2) is 7.06. The standard InChI is InChI=1S/C18H20N4O2S/c1-3-22(4-2)15-11-9-14(10-12-15)13-19-20-18-16-7-5-6-8-17(16)25(23,24)21-18/h5-13H,3-4H2,1-2H3,(H,20,21). The van der Waals surface area contributed by atoms with Crippen molar-refractivity contribution in [2.45, 2.75) is 18.7 Å². The van der Waals surface area contributed by atoms with E-state index in [2.05, 4.69) is 33.7 Å². The summed E-state index contributed by atoms with van der Waals surface area (Å²) in [4.78, 5) is 2.46. The molecular weight excluding hydrogens is 336 g/mol. The van der Waals surface area contributed by atoms with Crippen LogP contribution in [0, 0.1) is 0 Å². The zero-order valence-electron chi connectivity index (χ0n) is 14.2. The first-order valence-electron chi connectivity index (χ1n) is 8.13. The second-order valence-electron chi connectivity index (χ2n) is 5.54. The molecule has 0 atom stereocenters. The third-order valence-electron chi connectivity index (χ3n) is 4.04. The molecule has 0 spiro atoms. The molecule has 0 bridgehead atoms. The van der Waals surface area contributed by atoms with E-state index in [1.54, 1.807) is 30.5 Å². The summed E-state index contributed by atoms with van der Waals surface area (Å²) < 4.78 is 27.7. The lowest BCUT2D eigenvalue weighted by Gasteiger charge is -2.20. The Morgan fingerprint density at radius 3 is 2.44 bits per heavy atom. The summed E-state index contributed by atoms with van der Waals surface area (Å²) in [6, 6.07) is 14.7. The Morgan fingerprint density at radius 2 is 1.76 bits per heavy atom. The van der Waals surface area contributed by atoms with Crippen molar-refractivity contribution in [1.29, 1.82) is 0 Å². The molecule has 1 aliphatic heterocycles. The quantitative estimate of drug-likeness (QED) is 0.660. The maximum Gasteiger partial charge on any atom is 0.285 e. The van der Waals surface area contributed by atoms with Crippen molar-refractivity contribution in [2.75, 3.05) is 18.0 Å². The number of nitrogens with zero attached hydrogens (tertiary/aromatic N) is 3. The van der Waals surface area contributed by atoms with Crippen LogP contribution in [-0.4, -0.2) is 33.6 Å². The number of fused-ring (bicyclic) bond motifs is 1. The number of benzene rings is 2. The molecule has 2 aromatic carbocycles. The second-order valence-corrected chi connectivity index (χ2v) is 7.12. The Kier molecular flexibility index (Phi) is 4.85. The van der Waals surface area contributed by atoms with E-state index in [0.29, 0.717) is 5.56 Å². The summed E-state index contributed by atoms with van der Waals surface area (Å²) >= 11 is 0. The van der Waals surface area contributed by atoms with Crippen LogP contribution in [0.1, 0.15) is 25.0 Å². The molecular formula is C18H20N4O2S. The number of sulfonamides is 1. The lowest BCUT2D eigenvalue weighted by molar-refractivity contribution is 0.599. The smallest absolute Gasteiger partial charge is 0.285 e. The summed E-state index contributed by atoms with van der Waals surface area (Å²) in [6.45, 7) is 6.16. The highest BCUT2D eigenvalue weighted by atomic mass is 32.2. The minimum absolute atomic E-state index is 0.205. The predicted octanol–water partition coefficient (Wildman–Crippen LogP) is 2.61. The van der Waals surface area contributed by atoms with E-state index < -0.39 is 10.0 Å². The van der Waals surface area contributed by atoms with Gasteiger partial charge in [0.25, 0.3) is 10.0 Å². The van der Waals surface area contributed by atoms with E-state index in [-0.39, 0.29) is 10.7 Å². The van der Waals surface area contributed by atoms with Crippen molar-refractivity contribution in [3.8, 4) is 0 Å². The van der Waals surface area contributed by atoms with Gasteiger partial charge >= 0.3 is 0 Å². The minimum Gasteiger partial charge on any atom is -0.372 e. The minimum atomic E-state index is -3.62. The van der Waals surface area contributed by atoms with Gasteiger partial charge in [-0.15, -0.1) is 4.40 Å². The first-order chi connectivity index (χ1) is 12.0. The summed E-state index contributed by atoms with van der Waals surface area (Å²) in [5, 5.41) is 4.12. The average Bonchev–Trinajstić information content (AvgIpc) is 2.88. The number of nitrogens with one attached hydrogen (secondary N) is 1. The summed E-state index contributed by atoms with van der Waals surface area (Å²) in [5.41, 5.74) is 5.35. The molecule has 7 heteroatoms. The van der Waals surface area contributed by atoms with Crippen molar-refractivity contribution in [3.63, 3.8) is 0 Å². The molecule has 0 fully saturated rings. The molecule has 1 aliphatic rings. The number of rotatable bonds is 5. The van der Waals surface area contributed by atoms with Gasteiger partial charge in [-0.1, -0.05) is 24.3 Å². The van der Waals surface area contributed by atoms with E-state index >= 15 is 0 Å². The molecule has 0 radical (unpaired) electrons. The lowest BCUT2D eigenvalue weighted by Crippen LogP contribution is -2.21. The number of anilines is 1. The van der Waals surface area contributed by atoms with Crippen LogP contribution in [0.4, 0.5) is 5.69 Å². The van der Waals surface area contributed by atoms with Gasteiger partial charge < -0.3 is 4.90 Å². The summed E-state index contributed by atoms with van der Waals surface area (Å²) in [7, 11) is -3.62. The predicted molar refractivity (Wildman–Crippen MR) is 101 cm³/mol. The molecule has 0 unspecified atom stereocenters. The Hall–Kier alpha value is -2.67. The fourth-order valence-corrected chi connectivity index (χ4v) is 3.89. The number of hydrogen-bond acceptors (Lipinski definition) is 5. The molecule has 130 valence electrons. The van der Waals surface area contributed by atoms with E-state index in [1.165, 1.54) is 0 Å². The zero-order chi connectivity index (χ0) is 17.9. The fourth-order valence-electron chi connectivity index (χ4n) is 2.71. The molecule has 1 heterocycles. The summed E-state index contributed by atoms with van der Waals surface area (Å²) in [5.74, 6) is 0.242. The molecule has 0 amide bonds. The molecule has 0 aliphatic carbocycles. The van der Waals surface area contributed by atoms with Crippen LogP contribution in [-0.2, 0) is 10.0 Å². The third-order valence-corrected chi connectivity index (χ3v) is 5.37. The molecule has 1 N–H and O–H groups in total. The SMILES string of the molecule is CCN(CC)c1ccc(C=NNC2=NS(=O)(=O)c3ccccc32)cc1. The van der Waals surface area contributed by atoms with Gasteiger partial charge in [-0.2, -0.15) is 13.5 Å². The molecule has 25 heavy (non-hydrogen) atoms. The molecule has 0 saturated heterocycles. The van der Waals surface area contributed by atoms with E-state index in [9.17, 15) is 8.42 Å². The van der Waals surface area contributed by atoms with E-state index in [0.717, 1.165) is 24.3 Å². The molecule has 2 aromatic rings. The first-order valence-corrected chi connectivity index (χ1v) is 9.57. The zero-order valence-corrected chi connectivity index (χ0v) is 15.0. The Balaban J connectivity index is 1.72. The summed E-state index contributed by atoms with van der Waals surface area (Å²) in [6.07, 6.45) is 1.64. The lowest BCUT2D eigenvalue weighted by atomic mass is 10.2. The maximum atomic E-state index is 12.0. The van der Waals surface area contributed by atoms with Gasteiger partial charge in [-0.25, -0.2) is 0 Å². The van der Waals surface area contributed by atoms with Crippen LogP contribution in [0.5, 0.6) is 0 Å². The average molecular weight is 356 g/mol. The topological polar surface area (TPSA) is 74.1 Å². The number of hydrazone groups is 1. The van der Waals surface area contributed by atoms with Gasteiger partial charge in [0.05, 0.1) is 6.21 Å². The number of hydrogen-bond donors (Lipinski definition) is 1. The van der Waals surface area contributed by atoms with Gasteiger partial charge in [0.2, 0.25) is 0 Å². The van der Waals surface area contributed by atoms with Crippen LogP contribution in [0.25, 0.3) is 0 Å². The van der Waals surface area contributed by atoms with Gasteiger partial charge in [0.15, 0.2) is 5.84 Å².